The SMILES string of the molecule is CN=C(NCCCN(C(C)C)C(C)C)NCc1ccc(N2CCN(C)CC2)nc1. The van der Waals surface area contributed by atoms with Crippen LogP contribution < -0.4 is 15.5 Å². The number of nitrogens with one attached hydrogen (secondary N) is 2. The number of hydrogen-bond donors (Lipinski definition) is 2. The van der Waals surface area contributed by atoms with E-state index in [4.69, 9.17) is 0 Å². The smallest absolute Gasteiger partial charge is 0.191 e. The second kappa shape index (κ2) is 12.0. The summed E-state index contributed by atoms with van der Waals surface area (Å²) in [6.45, 7) is 16.1. The Morgan fingerprint density at radius 3 is 2.34 bits per heavy atom. The summed E-state index contributed by atoms with van der Waals surface area (Å²) in [4.78, 5) is 16.2. The van der Waals surface area contributed by atoms with Crippen LogP contribution >= 0.6 is 0 Å². The van der Waals surface area contributed by atoms with Crippen LogP contribution in [0.2, 0.25) is 0 Å². The van der Waals surface area contributed by atoms with Crippen molar-refractivity contribution in [3.63, 3.8) is 0 Å². The summed E-state index contributed by atoms with van der Waals surface area (Å²) in [5.41, 5.74) is 1.16. The molecule has 164 valence electrons. The van der Waals surface area contributed by atoms with Gasteiger partial charge in [0.1, 0.15) is 5.82 Å². The van der Waals surface area contributed by atoms with Gasteiger partial charge >= 0.3 is 0 Å². The molecule has 2 N–H and O–H groups in total. The number of aliphatic imine (C=N–C) groups is 1. The van der Waals surface area contributed by atoms with Crippen molar-refractivity contribution in [1.29, 1.82) is 0 Å². The molecule has 2 rings (SSSR count). The molecule has 0 radical (unpaired) electrons. The van der Waals surface area contributed by atoms with Crippen LogP contribution in [0.3, 0.4) is 0 Å². The van der Waals surface area contributed by atoms with Crippen LogP contribution in [0.4, 0.5) is 5.82 Å². The van der Waals surface area contributed by atoms with E-state index in [1.54, 1.807) is 0 Å². The Labute approximate surface area is 177 Å². The first-order valence-corrected chi connectivity index (χ1v) is 11.0. The Balaban J connectivity index is 1.72. The van der Waals surface area contributed by atoms with E-state index in [0.717, 1.165) is 69.6 Å². The molecular weight excluding hydrogens is 362 g/mol. The van der Waals surface area contributed by atoms with Crippen molar-refractivity contribution in [2.75, 3.05) is 58.3 Å². The summed E-state index contributed by atoms with van der Waals surface area (Å²) in [7, 11) is 3.99. The fraction of sp³-hybridized carbons (Fsp3) is 0.727. The van der Waals surface area contributed by atoms with Gasteiger partial charge in [-0.25, -0.2) is 4.98 Å². The molecule has 1 aliphatic heterocycles. The highest BCUT2D eigenvalue weighted by molar-refractivity contribution is 5.79. The number of piperazine rings is 1. The van der Waals surface area contributed by atoms with E-state index in [9.17, 15) is 0 Å². The molecule has 0 unspecified atom stereocenters. The topological polar surface area (TPSA) is 59.0 Å². The first-order valence-electron chi connectivity index (χ1n) is 11.0. The van der Waals surface area contributed by atoms with E-state index < -0.39 is 0 Å². The van der Waals surface area contributed by atoms with Crippen molar-refractivity contribution in [2.45, 2.75) is 52.7 Å². The predicted octanol–water partition coefficient (Wildman–Crippen LogP) is 2.01. The van der Waals surface area contributed by atoms with Gasteiger partial charge in [0.25, 0.3) is 0 Å². The third-order valence-electron chi connectivity index (χ3n) is 5.53. The number of hydrogen-bond acceptors (Lipinski definition) is 5. The number of nitrogens with zero attached hydrogens (tertiary/aromatic N) is 5. The first kappa shape index (κ1) is 23.4. The molecule has 0 aromatic carbocycles. The maximum absolute atomic E-state index is 4.66. The van der Waals surface area contributed by atoms with Crippen LogP contribution in [0.1, 0.15) is 39.7 Å². The fourth-order valence-corrected chi connectivity index (χ4v) is 3.73. The van der Waals surface area contributed by atoms with Crippen LogP contribution in [0.15, 0.2) is 23.3 Å². The zero-order valence-electron chi connectivity index (χ0n) is 19.3. The van der Waals surface area contributed by atoms with Crippen molar-refractivity contribution in [3.05, 3.63) is 23.9 Å². The monoisotopic (exact) mass is 403 g/mol. The Morgan fingerprint density at radius 2 is 1.79 bits per heavy atom. The lowest BCUT2D eigenvalue weighted by atomic mass is 10.2. The average Bonchev–Trinajstić information content (AvgIpc) is 2.70. The summed E-state index contributed by atoms with van der Waals surface area (Å²) in [5.74, 6) is 1.91. The van der Waals surface area contributed by atoms with Gasteiger partial charge in [-0.05, 0) is 52.8 Å². The number of anilines is 1. The van der Waals surface area contributed by atoms with Crippen molar-refractivity contribution in [1.82, 2.24) is 25.4 Å². The highest BCUT2D eigenvalue weighted by Crippen LogP contribution is 2.13. The second-order valence-electron chi connectivity index (χ2n) is 8.45. The highest BCUT2D eigenvalue weighted by Gasteiger charge is 2.15. The number of guanidine groups is 1. The van der Waals surface area contributed by atoms with Crippen molar-refractivity contribution < 1.29 is 0 Å². The minimum atomic E-state index is 0.578. The molecule has 29 heavy (non-hydrogen) atoms. The molecule has 7 nitrogen and oxygen atoms in total. The maximum atomic E-state index is 4.66. The van der Waals surface area contributed by atoms with Gasteiger partial charge in [-0.2, -0.15) is 0 Å². The molecular formula is C22H41N7. The molecule has 2 heterocycles. The van der Waals surface area contributed by atoms with E-state index in [1.165, 1.54) is 0 Å². The fourth-order valence-electron chi connectivity index (χ4n) is 3.73. The minimum absolute atomic E-state index is 0.578. The van der Waals surface area contributed by atoms with Gasteiger partial charge in [0.15, 0.2) is 5.96 Å². The molecule has 1 saturated heterocycles. The molecule has 1 fully saturated rings. The standard InChI is InChI=1S/C22H41N7/c1-18(2)29(19(3)4)11-7-10-24-22(23-5)26-17-20-8-9-21(25-16-20)28-14-12-27(6)13-15-28/h8-9,16,18-19H,7,10-15,17H2,1-6H3,(H2,23,24,26). The van der Waals surface area contributed by atoms with Crippen LogP contribution in [-0.4, -0.2) is 86.2 Å². The zero-order chi connectivity index (χ0) is 21.2. The molecule has 1 aliphatic rings. The molecule has 0 spiro atoms. The predicted molar refractivity (Wildman–Crippen MR) is 124 cm³/mol. The number of rotatable bonds is 9. The van der Waals surface area contributed by atoms with Gasteiger partial charge in [0.2, 0.25) is 0 Å². The summed E-state index contributed by atoms with van der Waals surface area (Å²) in [6, 6.07) is 5.44. The molecule has 0 atom stereocenters. The molecule has 7 heteroatoms. The zero-order valence-corrected chi connectivity index (χ0v) is 19.3. The van der Waals surface area contributed by atoms with E-state index in [-0.39, 0.29) is 0 Å². The molecule has 0 bridgehead atoms. The van der Waals surface area contributed by atoms with E-state index in [2.05, 4.69) is 82.2 Å². The van der Waals surface area contributed by atoms with E-state index in [1.807, 2.05) is 13.2 Å². The Morgan fingerprint density at radius 1 is 1.10 bits per heavy atom. The lowest BCUT2D eigenvalue weighted by molar-refractivity contribution is 0.173. The molecule has 1 aromatic rings. The van der Waals surface area contributed by atoms with Crippen molar-refractivity contribution in [3.8, 4) is 0 Å². The van der Waals surface area contributed by atoms with Crippen LogP contribution in [-0.2, 0) is 6.54 Å². The lowest BCUT2D eigenvalue weighted by Gasteiger charge is -2.33. The Hall–Kier alpha value is -1.86. The summed E-state index contributed by atoms with van der Waals surface area (Å²) < 4.78 is 0. The molecule has 0 saturated carbocycles. The summed E-state index contributed by atoms with van der Waals surface area (Å²) in [5, 5.41) is 6.81. The van der Waals surface area contributed by atoms with E-state index >= 15 is 0 Å². The van der Waals surface area contributed by atoms with Crippen LogP contribution in [0.25, 0.3) is 0 Å². The average molecular weight is 404 g/mol. The number of pyridine rings is 1. The quantitative estimate of drug-likeness (QED) is 0.374. The van der Waals surface area contributed by atoms with Gasteiger partial charge in [0.05, 0.1) is 0 Å². The van der Waals surface area contributed by atoms with Gasteiger partial charge in [-0.1, -0.05) is 6.07 Å². The van der Waals surface area contributed by atoms with E-state index in [0.29, 0.717) is 12.1 Å². The molecule has 1 aromatic heterocycles. The highest BCUT2D eigenvalue weighted by atomic mass is 15.3. The molecule has 0 aliphatic carbocycles. The van der Waals surface area contributed by atoms with Gasteiger partial charge in [0, 0.05) is 71.1 Å². The Kier molecular flexibility index (Phi) is 9.67. The normalized spacial score (nSPS) is 16.2. The number of likely N-dealkylation sites (N-methyl/N-ethyl adjacent to an activating group) is 1. The second-order valence-corrected chi connectivity index (χ2v) is 8.45. The summed E-state index contributed by atoms with van der Waals surface area (Å²) >= 11 is 0. The lowest BCUT2D eigenvalue weighted by Crippen LogP contribution is -2.44. The maximum Gasteiger partial charge on any atom is 0.191 e. The first-order chi connectivity index (χ1) is 13.9. The van der Waals surface area contributed by atoms with Crippen LogP contribution in [0, 0.1) is 0 Å². The largest absolute Gasteiger partial charge is 0.356 e. The minimum Gasteiger partial charge on any atom is -0.356 e. The number of aromatic nitrogens is 1. The van der Waals surface area contributed by atoms with Gasteiger partial charge in [-0.3, -0.25) is 9.89 Å². The van der Waals surface area contributed by atoms with Crippen LogP contribution in [0.5, 0.6) is 0 Å². The van der Waals surface area contributed by atoms with Crippen molar-refractivity contribution >= 4 is 11.8 Å². The third-order valence-corrected chi connectivity index (χ3v) is 5.53. The Bertz CT molecular complexity index is 596. The van der Waals surface area contributed by atoms with Gasteiger partial charge < -0.3 is 20.4 Å². The summed E-state index contributed by atoms with van der Waals surface area (Å²) in [6.07, 6.45) is 3.06. The van der Waals surface area contributed by atoms with Gasteiger partial charge in [-0.15, -0.1) is 0 Å². The molecule has 0 amide bonds. The third kappa shape index (κ3) is 7.82. The van der Waals surface area contributed by atoms with Crippen molar-refractivity contribution in [2.24, 2.45) is 4.99 Å².